The molecular weight excluding hydrogens is 388 g/mol. The quantitative estimate of drug-likeness (QED) is 0.622. The fraction of sp³-hybridized carbons (Fsp3) is 0.269. The van der Waals surface area contributed by atoms with Gasteiger partial charge in [0.2, 0.25) is 5.91 Å². The Morgan fingerprint density at radius 3 is 2.32 bits per heavy atom. The number of nitrogens with zero attached hydrogens (tertiary/aromatic N) is 1. The van der Waals surface area contributed by atoms with E-state index in [2.05, 4.69) is 22.3 Å². The lowest BCUT2D eigenvalue weighted by molar-refractivity contribution is -0.120. The predicted octanol–water partition coefficient (Wildman–Crippen LogP) is 4.36. The van der Waals surface area contributed by atoms with Gasteiger partial charge >= 0.3 is 0 Å². The van der Waals surface area contributed by atoms with Crippen LogP contribution in [-0.4, -0.2) is 33.2 Å². The molecule has 0 radical (unpaired) electrons. The summed E-state index contributed by atoms with van der Waals surface area (Å²) in [6, 6.07) is 23.8. The Morgan fingerprint density at radius 1 is 0.935 bits per heavy atom. The smallest absolute Gasteiger partial charge is 0.240 e. The highest BCUT2D eigenvalue weighted by atomic mass is 16.5. The number of hydrogen-bond acceptors (Lipinski definition) is 4. The Morgan fingerprint density at radius 2 is 1.61 bits per heavy atom. The van der Waals surface area contributed by atoms with Crippen molar-refractivity contribution in [3.8, 4) is 11.5 Å². The number of benzene rings is 3. The highest BCUT2D eigenvalue weighted by molar-refractivity contribution is 5.83. The Kier molecular flexibility index (Phi) is 6.41. The van der Waals surface area contributed by atoms with Crippen LogP contribution in [0.4, 0.5) is 5.69 Å². The van der Waals surface area contributed by atoms with Crippen molar-refractivity contribution in [3.05, 3.63) is 89.5 Å². The third kappa shape index (κ3) is 4.82. The van der Waals surface area contributed by atoms with Gasteiger partial charge in [-0.2, -0.15) is 0 Å². The zero-order chi connectivity index (χ0) is 21.6. The summed E-state index contributed by atoms with van der Waals surface area (Å²) in [5, 5.41) is 3.24. The van der Waals surface area contributed by atoms with Crippen LogP contribution in [0.3, 0.4) is 0 Å². The second kappa shape index (κ2) is 9.56. The summed E-state index contributed by atoms with van der Waals surface area (Å²) in [5.41, 5.74) is 4.41. The van der Waals surface area contributed by atoms with E-state index in [1.807, 2.05) is 60.7 Å². The van der Waals surface area contributed by atoms with Crippen LogP contribution in [0, 0.1) is 0 Å². The van der Waals surface area contributed by atoms with E-state index in [0.29, 0.717) is 6.54 Å². The van der Waals surface area contributed by atoms with E-state index in [1.165, 1.54) is 5.56 Å². The lowest BCUT2D eigenvalue weighted by Crippen LogP contribution is -2.41. The van der Waals surface area contributed by atoms with Crippen LogP contribution in [0.2, 0.25) is 0 Å². The topological polar surface area (TPSA) is 50.8 Å². The molecule has 1 heterocycles. The first-order valence-electron chi connectivity index (χ1n) is 10.6. The second-order valence-corrected chi connectivity index (χ2v) is 7.70. The van der Waals surface area contributed by atoms with Crippen molar-refractivity contribution < 1.29 is 14.3 Å². The Bertz CT molecular complexity index is 1020. The van der Waals surface area contributed by atoms with Crippen molar-refractivity contribution in [1.82, 2.24) is 5.32 Å². The molecule has 0 aliphatic carbocycles. The molecule has 4 rings (SSSR count). The van der Waals surface area contributed by atoms with E-state index < -0.39 is 0 Å². The van der Waals surface area contributed by atoms with Gasteiger partial charge in [0.15, 0.2) is 0 Å². The van der Waals surface area contributed by atoms with Crippen LogP contribution in [0.5, 0.6) is 11.5 Å². The zero-order valence-corrected chi connectivity index (χ0v) is 18.0. The third-order valence-electron chi connectivity index (χ3n) is 5.72. The summed E-state index contributed by atoms with van der Waals surface area (Å²) >= 11 is 0. The molecule has 3 aromatic carbocycles. The van der Waals surface area contributed by atoms with Crippen molar-refractivity contribution in [2.24, 2.45) is 0 Å². The van der Waals surface area contributed by atoms with Gasteiger partial charge in [-0.25, -0.2) is 0 Å². The fourth-order valence-corrected chi connectivity index (χ4v) is 4.12. The van der Waals surface area contributed by atoms with E-state index >= 15 is 0 Å². The van der Waals surface area contributed by atoms with E-state index in [1.54, 1.807) is 14.2 Å². The van der Waals surface area contributed by atoms with Crippen LogP contribution in [0.25, 0.3) is 0 Å². The molecule has 3 aromatic rings. The van der Waals surface area contributed by atoms with Gasteiger partial charge in [0, 0.05) is 12.2 Å². The highest BCUT2D eigenvalue weighted by Gasteiger charge is 2.22. The molecule has 0 aromatic heterocycles. The normalized spacial score (nSPS) is 13.8. The maximum absolute atomic E-state index is 13.1. The largest absolute Gasteiger partial charge is 0.497 e. The molecule has 1 amide bonds. The average Bonchev–Trinajstić information content (AvgIpc) is 2.83. The van der Waals surface area contributed by atoms with Gasteiger partial charge in [0.25, 0.3) is 0 Å². The molecule has 1 atom stereocenters. The van der Waals surface area contributed by atoms with Gasteiger partial charge in [0.1, 0.15) is 11.5 Å². The number of aryl methyl sites for hydroxylation is 1. The number of hydrogen-bond donors (Lipinski definition) is 1. The Balaban J connectivity index is 1.53. The molecule has 5 heteroatoms. The number of nitrogens with one attached hydrogen (secondary N) is 1. The molecule has 0 saturated heterocycles. The monoisotopic (exact) mass is 416 g/mol. The van der Waals surface area contributed by atoms with Crippen LogP contribution < -0.4 is 19.7 Å². The first kappa shape index (κ1) is 20.8. The summed E-state index contributed by atoms with van der Waals surface area (Å²) in [4.78, 5) is 15.3. The summed E-state index contributed by atoms with van der Waals surface area (Å²) in [6.45, 7) is 1.18. The number of methoxy groups -OCH3 is 2. The van der Waals surface area contributed by atoms with E-state index in [0.717, 1.165) is 47.7 Å². The van der Waals surface area contributed by atoms with Crippen LogP contribution in [0.1, 0.15) is 29.2 Å². The standard InChI is InChI=1S/C26H28N2O3/c1-30-22-12-10-20(11-13-22)26(19-7-4-3-5-8-19)27-25(29)18-28-16-6-9-21-17-23(31-2)14-15-24(21)28/h3-5,7-8,10-15,17,26H,6,9,16,18H2,1-2H3,(H,27,29). The first-order chi connectivity index (χ1) is 15.2. The van der Waals surface area contributed by atoms with Crippen molar-refractivity contribution in [2.45, 2.75) is 18.9 Å². The first-order valence-corrected chi connectivity index (χ1v) is 10.6. The highest BCUT2D eigenvalue weighted by Crippen LogP contribution is 2.30. The minimum absolute atomic E-state index is 0.00617. The number of carbonyl (C=O) groups is 1. The van der Waals surface area contributed by atoms with Crippen LogP contribution in [0.15, 0.2) is 72.8 Å². The Labute approximate surface area is 183 Å². The van der Waals surface area contributed by atoms with Crippen molar-refractivity contribution in [3.63, 3.8) is 0 Å². The van der Waals surface area contributed by atoms with Crippen LogP contribution >= 0.6 is 0 Å². The maximum Gasteiger partial charge on any atom is 0.240 e. The number of anilines is 1. The predicted molar refractivity (Wildman–Crippen MR) is 123 cm³/mol. The van der Waals surface area contributed by atoms with Crippen molar-refractivity contribution >= 4 is 11.6 Å². The van der Waals surface area contributed by atoms with Gasteiger partial charge in [0.05, 0.1) is 26.8 Å². The molecule has 1 aliphatic rings. The third-order valence-corrected chi connectivity index (χ3v) is 5.72. The minimum atomic E-state index is -0.222. The molecule has 0 bridgehead atoms. The van der Waals surface area contributed by atoms with Gasteiger partial charge < -0.3 is 19.7 Å². The number of ether oxygens (including phenoxy) is 2. The summed E-state index contributed by atoms with van der Waals surface area (Å²) in [7, 11) is 3.33. The van der Waals surface area contributed by atoms with Gasteiger partial charge in [-0.15, -0.1) is 0 Å². The summed E-state index contributed by atoms with van der Waals surface area (Å²) < 4.78 is 10.6. The van der Waals surface area contributed by atoms with Crippen molar-refractivity contribution in [1.29, 1.82) is 0 Å². The summed E-state index contributed by atoms with van der Waals surface area (Å²) in [5.74, 6) is 1.64. The number of rotatable bonds is 7. The zero-order valence-electron chi connectivity index (χ0n) is 18.0. The average molecular weight is 417 g/mol. The number of carbonyl (C=O) groups excluding carboxylic acids is 1. The van der Waals surface area contributed by atoms with Gasteiger partial charge in [-0.1, -0.05) is 42.5 Å². The Hall–Kier alpha value is -3.47. The fourth-order valence-electron chi connectivity index (χ4n) is 4.12. The molecule has 1 unspecified atom stereocenters. The second-order valence-electron chi connectivity index (χ2n) is 7.70. The maximum atomic E-state index is 13.1. The molecule has 31 heavy (non-hydrogen) atoms. The van der Waals surface area contributed by atoms with Crippen LogP contribution in [-0.2, 0) is 11.2 Å². The van der Waals surface area contributed by atoms with Crippen molar-refractivity contribution in [2.75, 3.05) is 32.2 Å². The van der Waals surface area contributed by atoms with E-state index in [4.69, 9.17) is 9.47 Å². The lowest BCUT2D eigenvalue weighted by atomic mass is 9.98. The molecule has 1 aliphatic heterocycles. The molecule has 0 fully saturated rings. The van der Waals surface area contributed by atoms with Gasteiger partial charge in [-0.05, 0) is 59.9 Å². The van der Waals surface area contributed by atoms with E-state index in [9.17, 15) is 4.79 Å². The molecule has 0 saturated carbocycles. The SMILES string of the molecule is COc1ccc(C(NC(=O)CN2CCCc3cc(OC)ccc32)c2ccccc2)cc1. The molecule has 5 nitrogen and oxygen atoms in total. The molecule has 1 N–H and O–H groups in total. The number of fused-ring (bicyclic) bond motifs is 1. The number of amides is 1. The lowest BCUT2D eigenvalue weighted by Gasteiger charge is -2.31. The minimum Gasteiger partial charge on any atom is -0.497 e. The summed E-state index contributed by atoms with van der Waals surface area (Å²) in [6.07, 6.45) is 2.02. The van der Waals surface area contributed by atoms with E-state index in [-0.39, 0.29) is 11.9 Å². The van der Waals surface area contributed by atoms with Gasteiger partial charge in [-0.3, -0.25) is 4.79 Å². The molecule has 160 valence electrons. The molecule has 0 spiro atoms. The molecular formula is C26H28N2O3.